The minimum absolute atomic E-state index is 0.0421. The van der Waals surface area contributed by atoms with Crippen molar-refractivity contribution in [3.63, 3.8) is 0 Å². The van der Waals surface area contributed by atoms with Crippen molar-refractivity contribution in [1.29, 1.82) is 0 Å². The second-order valence-electron chi connectivity index (χ2n) is 6.08. The van der Waals surface area contributed by atoms with Crippen molar-refractivity contribution >= 4 is 11.4 Å². The lowest BCUT2D eigenvalue weighted by Gasteiger charge is -2.15. The Morgan fingerprint density at radius 1 is 1.38 bits per heavy atom. The summed E-state index contributed by atoms with van der Waals surface area (Å²) in [4.78, 5) is 25.9. The third-order valence-corrected chi connectivity index (χ3v) is 4.58. The highest BCUT2D eigenvalue weighted by atomic mass is 16.2. The van der Waals surface area contributed by atoms with E-state index in [-0.39, 0.29) is 17.4 Å². The minimum Gasteiger partial charge on any atom is -0.338 e. The molecule has 8 heteroatoms. The number of hydrogen-bond acceptors (Lipinski definition) is 4. The molecule has 1 amide bonds. The summed E-state index contributed by atoms with van der Waals surface area (Å²) in [6, 6.07) is 5.35. The molecule has 124 valence electrons. The molecule has 1 saturated heterocycles. The van der Waals surface area contributed by atoms with Gasteiger partial charge in [0.15, 0.2) is 0 Å². The Hall–Kier alpha value is -2.87. The molecule has 1 aliphatic rings. The summed E-state index contributed by atoms with van der Waals surface area (Å²) in [5, 5.41) is 9.67. The van der Waals surface area contributed by atoms with Crippen LogP contribution < -0.4 is 11.3 Å². The first-order chi connectivity index (χ1) is 11.7. The highest BCUT2D eigenvalue weighted by Gasteiger charge is 2.30. The summed E-state index contributed by atoms with van der Waals surface area (Å²) >= 11 is 0. The molecule has 0 aliphatic carbocycles. The molecular weight excluding hydrogens is 308 g/mol. The van der Waals surface area contributed by atoms with Crippen molar-refractivity contribution in [1.82, 2.24) is 24.7 Å². The molecule has 0 saturated carbocycles. The van der Waals surface area contributed by atoms with E-state index in [1.807, 2.05) is 23.2 Å². The summed E-state index contributed by atoms with van der Waals surface area (Å²) in [5.74, 6) is 0.105. The number of rotatable bonds is 3. The molecule has 8 nitrogen and oxygen atoms in total. The van der Waals surface area contributed by atoms with E-state index >= 15 is 0 Å². The Morgan fingerprint density at radius 3 is 3.00 bits per heavy atom. The van der Waals surface area contributed by atoms with Crippen molar-refractivity contribution in [2.45, 2.75) is 18.9 Å². The number of fused-ring (bicyclic) bond motifs is 1. The van der Waals surface area contributed by atoms with Gasteiger partial charge in [0.1, 0.15) is 0 Å². The Kier molecular flexibility index (Phi) is 3.46. The number of aromatic amines is 2. The summed E-state index contributed by atoms with van der Waals surface area (Å²) in [6.45, 7) is 1.66. The van der Waals surface area contributed by atoms with Crippen LogP contribution in [-0.4, -0.2) is 43.7 Å². The fourth-order valence-electron chi connectivity index (χ4n) is 3.25. The summed E-state index contributed by atoms with van der Waals surface area (Å²) in [5.41, 5.74) is 8.69. The fourth-order valence-corrected chi connectivity index (χ4v) is 3.25. The first-order valence-corrected chi connectivity index (χ1v) is 7.89. The van der Waals surface area contributed by atoms with Crippen LogP contribution in [0.3, 0.4) is 0 Å². The molecule has 1 fully saturated rings. The molecule has 4 heterocycles. The van der Waals surface area contributed by atoms with Crippen LogP contribution in [0.25, 0.3) is 5.52 Å². The second-order valence-corrected chi connectivity index (χ2v) is 6.08. The largest absolute Gasteiger partial charge is 0.338 e. The van der Waals surface area contributed by atoms with Crippen molar-refractivity contribution < 1.29 is 4.79 Å². The second kappa shape index (κ2) is 5.64. The maximum atomic E-state index is 12.9. The lowest BCUT2D eigenvalue weighted by molar-refractivity contribution is 0.0792. The van der Waals surface area contributed by atoms with Crippen molar-refractivity contribution in [2.24, 2.45) is 5.73 Å². The average Bonchev–Trinajstić information content (AvgIpc) is 3.32. The molecule has 3 aromatic rings. The molecule has 0 bridgehead atoms. The number of hydrogen-bond donors (Lipinski definition) is 3. The van der Waals surface area contributed by atoms with Gasteiger partial charge in [0.25, 0.3) is 11.5 Å². The molecule has 24 heavy (non-hydrogen) atoms. The van der Waals surface area contributed by atoms with Crippen LogP contribution in [0.2, 0.25) is 0 Å². The number of likely N-dealkylation sites (tertiary alicyclic amines) is 1. The topological polar surface area (TPSA) is 112 Å². The monoisotopic (exact) mass is 326 g/mol. The normalized spacial score (nSPS) is 17.7. The molecule has 0 radical (unpaired) electrons. The van der Waals surface area contributed by atoms with E-state index < -0.39 is 0 Å². The number of aromatic nitrogens is 4. The first-order valence-electron chi connectivity index (χ1n) is 7.89. The van der Waals surface area contributed by atoms with Gasteiger partial charge in [-0.3, -0.25) is 14.7 Å². The van der Waals surface area contributed by atoms with Gasteiger partial charge >= 0.3 is 0 Å². The van der Waals surface area contributed by atoms with Crippen LogP contribution in [-0.2, 0) is 6.54 Å². The number of nitrogens with one attached hydrogen (secondary N) is 2. The number of H-pyrrole nitrogens is 2. The average molecular weight is 326 g/mol. The van der Waals surface area contributed by atoms with E-state index in [9.17, 15) is 9.59 Å². The predicted octanol–water partition coefficient (Wildman–Crippen LogP) is 0.439. The van der Waals surface area contributed by atoms with Crippen LogP contribution in [0.4, 0.5) is 0 Å². The van der Waals surface area contributed by atoms with E-state index in [2.05, 4.69) is 15.3 Å². The number of nitrogens with two attached hydrogens (primary N) is 1. The molecule has 4 N–H and O–H groups in total. The van der Waals surface area contributed by atoms with Crippen LogP contribution in [0, 0.1) is 0 Å². The summed E-state index contributed by atoms with van der Waals surface area (Å²) in [6.07, 6.45) is 4.24. The van der Waals surface area contributed by atoms with Crippen LogP contribution in [0.15, 0.2) is 35.4 Å². The van der Waals surface area contributed by atoms with Gasteiger partial charge < -0.3 is 15.7 Å². The van der Waals surface area contributed by atoms with Crippen molar-refractivity contribution in [2.75, 3.05) is 13.1 Å². The van der Waals surface area contributed by atoms with Gasteiger partial charge in [0.05, 0.1) is 17.3 Å². The Labute approximate surface area is 137 Å². The molecule has 0 spiro atoms. The van der Waals surface area contributed by atoms with Gasteiger partial charge in [-0.25, -0.2) is 4.52 Å². The standard InChI is InChI=1S/C16H18N6O2/c17-7-10-1-4-22-14(5-10)12(8-18-22)16(24)21-3-2-11(9-21)13-6-15(23)20-19-13/h1,4-6,8,11H,2-3,7,9,17H2,(H2,19,20,23). The molecule has 1 aliphatic heterocycles. The zero-order chi connectivity index (χ0) is 16.7. The number of carbonyl (C=O) groups is 1. The smallest absolute Gasteiger partial charge is 0.264 e. The van der Waals surface area contributed by atoms with Crippen LogP contribution >= 0.6 is 0 Å². The Bertz CT molecular complexity index is 953. The zero-order valence-corrected chi connectivity index (χ0v) is 13.0. The molecule has 3 aromatic heterocycles. The van der Waals surface area contributed by atoms with Gasteiger partial charge in [-0.1, -0.05) is 0 Å². The van der Waals surface area contributed by atoms with Crippen molar-refractivity contribution in [3.05, 3.63) is 57.8 Å². The van der Waals surface area contributed by atoms with Gasteiger partial charge in [-0.2, -0.15) is 5.10 Å². The van der Waals surface area contributed by atoms with Gasteiger partial charge in [0.2, 0.25) is 0 Å². The number of amides is 1. The Morgan fingerprint density at radius 2 is 2.25 bits per heavy atom. The number of pyridine rings is 1. The summed E-state index contributed by atoms with van der Waals surface area (Å²) < 4.78 is 1.68. The third-order valence-electron chi connectivity index (χ3n) is 4.58. The van der Waals surface area contributed by atoms with Gasteiger partial charge in [-0.15, -0.1) is 0 Å². The third kappa shape index (κ3) is 2.41. The van der Waals surface area contributed by atoms with Crippen LogP contribution in [0.5, 0.6) is 0 Å². The summed E-state index contributed by atoms with van der Waals surface area (Å²) in [7, 11) is 0. The van der Waals surface area contributed by atoms with E-state index in [0.717, 1.165) is 23.2 Å². The lowest BCUT2D eigenvalue weighted by Crippen LogP contribution is -2.28. The van der Waals surface area contributed by atoms with E-state index in [0.29, 0.717) is 25.2 Å². The molecule has 1 atom stereocenters. The van der Waals surface area contributed by atoms with Gasteiger partial charge in [-0.05, 0) is 24.1 Å². The highest BCUT2D eigenvalue weighted by Crippen LogP contribution is 2.27. The van der Waals surface area contributed by atoms with Crippen LogP contribution in [0.1, 0.15) is 34.0 Å². The minimum atomic E-state index is -0.147. The van der Waals surface area contributed by atoms with Gasteiger partial charge in [0, 0.05) is 43.5 Å². The maximum Gasteiger partial charge on any atom is 0.264 e. The lowest BCUT2D eigenvalue weighted by atomic mass is 10.1. The fraction of sp³-hybridized carbons (Fsp3) is 0.312. The SMILES string of the molecule is NCc1ccn2ncc(C(=O)N3CCC(c4cc(=O)[nH][nH]4)C3)c2c1. The van der Waals surface area contributed by atoms with E-state index in [4.69, 9.17) is 5.73 Å². The molecule has 4 rings (SSSR count). The maximum absolute atomic E-state index is 12.9. The quantitative estimate of drug-likeness (QED) is 0.648. The zero-order valence-electron chi connectivity index (χ0n) is 13.0. The first kappa shape index (κ1) is 14.7. The highest BCUT2D eigenvalue weighted by molar-refractivity contribution is 6.00. The predicted molar refractivity (Wildman–Crippen MR) is 87.8 cm³/mol. The molecular formula is C16H18N6O2. The Balaban J connectivity index is 1.59. The molecule has 0 aromatic carbocycles. The van der Waals surface area contributed by atoms with Crippen molar-refractivity contribution in [3.8, 4) is 0 Å². The number of nitrogens with zero attached hydrogens (tertiary/aromatic N) is 3. The number of carbonyl (C=O) groups excluding carboxylic acids is 1. The molecule has 1 unspecified atom stereocenters. The van der Waals surface area contributed by atoms with E-state index in [1.54, 1.807) is 16.8 Å². The van der Waals surface area contributed by atoms with E-state index in [1.165, 1.54) is 0 Å².